The number of benzene rings is 1. The van der Waals surface area contributed by atoms with Crippen LogP contribution < -0.4 is 0 Å². The van der Waals surface area contributed by atoms with Gasteiger partial charge in [0.15, 0.2) is 0 Å². The molecule has 0 bridgehead atoms. The Kier molecular flexibility index (Phi) is 5.01. The summed E-state index contributed by atoms with van der Waals surface area (Å²) in [5, 5.41) is 15.6. The van der Waals surface area contributed by atoms with E-state index in [4.69, 9.17) is 11.6 Å². The van der Waals surface area contributed by atoms with Crippen LogP contribution in [0, 0.1) is 5.41 Å². The van der Waals surface area contributed by atoms with Crippen LogP contribution in [-0.2, 0) is 6.42 Å². The molecule has 21 heavy (non-hydrogen) atoms. The minimum Gasteiger partial charge on any atom is -0.390 e. The molecule has 0 radical (unpaired) electrons. The lowest BCUT2D eigenvalue weighted by molar-refractivity contribution is 0.00944. The lowest BCUT2D eigenvalue weighted by Gasteiger charge is -2.33. The van der Waals surface area contributed by atoms with Crippen molar-refractivity contribution in [2.45, 2.75) is 45.8 Å². The highest BCUT2D eigenvalue weighted by Crippen LogP contribution is 2.31. The van der Waals surface area contributed by atoms with Crippen molar-refractivity contribution in [2.24, 2.45) is 5.41 Å². The van der Waals surface area contributed by atoms with E-state index in [0.717, 1.165) is 23.4 Å². The van der Waals surface area contributed by atoms with Gasteiger partial charge in [-0.05, 0) is 36.0 Å². The standard InChI is InChI=1S/C16H22ClN3O/c1-16(2,3)15(21)14(20-11-18-10-19-20)8-7-12-5-4-6-13(17)9-12/h4-6,9-11,14-15,21H,7-8H2,1-3H3. The first-order chi connectivity index (χ1) is 9.88. The van der Waals surface area contributed by atoms with E-state index in [-0.39, 0.29) is 11.5 Å². The summed E-state index contributed by atoms with van der Waals surface area (Å²) < 4.78 is 1.75. The summed E-state index contributed by atoms with van der Waals surface area (Å²) in [6, 6.07) is 7.72. The number of hydrogen-bond acceptors (Lipinski definition) is 3. The van der Waals surface area contributed by atoms with Gasteiger partial charge in [-0.2, -0.15) is 5.10 Å². The second-order valence-corrected chi connectivity index (χ2v) is 6.86. The third-order valence-corrected chi connectivity index (χ3v) is 3.88. The minimum absolute atomic E-state index is 0.105. The monoisotopic (exact) mass is 307 g/mol. The Bertz CT molecular complexity index is 563. The fourth-order valence-electron chi connectivity index (χ4n) is 2.41. The van der Waals surface area contributed by atoms with Gasteiger partial charge in [-0.25, -0.2) is 9.67 Å². The topological polar surface area (TPSA) is 50.9 Å². The second kappa shape index (κ2) is 6.58. The van der Waals surface area contributed by atoms with Crippen molar-refractivity contribution in [3.8, 4) is 0 Å². The van der Waals surface area contributed by atoms with Crippen LogP contribution in [0.1, 0.15) is 38.8 Å². The average molecular weight is 308 g/mol. The number of aryl methyl sites for hydroxylation is 1. The summed E-state index contributed by atoms with van der Waals surface area (Å²) in [4.78, 5) is 4.00. The van der Waals surface area contributed by atoms with Gasteiger partial charge in [0.05, 0.1) is 12.1 Å². The normalized spacial score (nSPS) is 14.9. The molecule has 2 atom stereocenters. The Morgan fingerprint density at radius 1 is 1.33 bits per heavy atom. The van der Waals surface area contributed by atoms with E-state index in [1.54, 1.807) is 11.0 Å². The predicted octanol–water partition coefficient (Wildman–Crippen LogP) is 3.51. The van der Waals surface area contributed by atoms with E-state index in [9.17, 15) is 5.11 Å². The molecule has 0 amide bonds. The first-order valence-corrected chi connectivity index (χ1v) is 7.52. The van der Waals surface area contributed by atoms with Crippen LogP contribution in [0.25, 0.3) is 0 Å². The van der Waals surface area contributed by atoms with Crippen molar-refractivity contribution in [2.75, 3.05) is 0 Å². The summed E-state index contributed by atoms with van der Waals surface area (Å²) in [6.45, 7) is 6.09. The SMILES string of the molecule is CC(C)(C)C(O)C(CCc1cccc(Cl)c1)n1cncn1. The van der Waals surface area contributed by atoms with E-state index >= 15 is 0 Å². The fraction of sp³-hybridized carbons (Fsp3) is 0.500. The molecular weight excluding hydrogens is 286 g/mol. The van der Waals surface area contributed by atoms with Crippen LogP contribution in [0.2, 0.25) is 5.02 Å². The van der Waals surface area contributed by atoms with Crippen LogP contribution in [0.5, 0.6) is 0 Å². The zero-order valence-corrected chi connectivity index (χ0v) is 13.5. The maximum Gasteiger partial charge on any atom is 0.137 e. The highest BCUT2D eigenvalue weighted by atomic mass is 35.5. The fourth-order valence-corrected chi connectivity index (χ4v) is 2.62. The summed E-state index contributed by atoms with van der Waals surface area (Å²) in [5.74, 6) is 0. The molecule has 2 unspecified atom stereocenters. The molecule has 0 spiro atoms. The van der Waals surface area contributed by atoms with Crippen molar-refractivity contribution in [1.29, 1.82) is 0 Å². The molecule has 0 aliphatic rings. The van der Waals surface area contributed by atoms with E-state index < -0.39 is 6.10 Å². The van der Waals surface area contributed by atoms with E-state index in [2.05, 4.69) is 10.1 Å². The second-order valence-electron chi connectivity index (χ2n) is 6.42. The molecule has 0 saturated heterocycles. The molecule has 1 heterocycles. The minimum atomic E-state index is -0.501. The van der Waals surface area contributed by atoms with Crippen molar-refractivity contribution in [1.82, 2.24) is 14.8 Å². The maximum atomic E-state index is 10.6. The number of aromatic nitrogens is 3. The largest absolute Gasteiger partial charge is 0.390 e. The van der Waals surface area contributed by atoms with Crippen molar-refractivity contribution in [3.05, 3.63) is 47.5 Å². The van der Waals surface area contributed by atoms with Gasteiger partial charge >= 0.3 is 0 Å². The van der Waals surface area contributed by atoms with Crippen LogP contribution >= 0.6 is 11.6 Å². The summed E-state index contributed by atoms with van der Waals surface area (Å²) in [7, 11) is 0. The van der Waals surface area contributed by atoms with Crippen LogP contribution in [0.15, 0.2) is 36.9 Å². The van der Waals surface area contributed by atoms with E-state index in [1.807, 2.05) is 45.0 Å². The molecule has 1 aromatic heterocycles. The molecule has 0 aliphatic heterocycles. The average Bonchev–Trinajstić information content (AvgIpc) is 2.92. The summed E-state index contributed by atoms with van der Waals surface area (Å²) in [6.07, 6.45) is 4.28. The number of aliphatic hydroxyl groups excluding tert-OH is 1. The smallest absolute Gasteiger partial charge is 0.137 e. The van der Waals surface area contributed by atoms with Crippen molar-refractivity contribution >= 4 is 11.6 Å². The molecule has 0 saturated carbocycles. The van der Waals surface area contributed by atoms with Gasteiger partial charge in [-0.15, -0.1) is 0 Å². The maximum absolute atomic E-state index is 10.6. The Hall–Kier alpha value is -1.39. The molecule has 2 rings (SSSR count). The first-order valence-electron chi connectivity index (χ1n) is 7.14. The van der Waals surface area contributed by atoms with Crippen molar-refractivity contribution in [3.63, 3.8) is 0 Å². The number of aliphatic hydroxyl groups is 1. The molecule has 1 aromatic carbocycles. The zero-order valence-electron chi connectivity index (χ0n) is 12.7. The van der Waals surface area contributed by atoms with Gasteiger partial charge in [-0.1, -0.05) is 44.5 Å². The summed E-state index contributed by atoms with van der Waals surface area (Å²) in [5.41, 5.74) is 0.944. The van der Waals surface area contributed by atoms with Crippen molar-refractivity contribution < 1.29 is 5.11 Å². The van der Waals surface area contributed by atoms with Gasteiger partial charge in [0.1, 0.15) is 12.7 Å². The summed E-state index contributed by atoms with van der Waals surface area (Å²) >= 11 is 6.02. The van der Waals surface area contributed by atoms with Crippen LogP contribution in [0.3, 0.4) is 0 Å². The molecule has 0 aliphatic carbocycles. The molecular formula is C16H22ClN3O. The van der Waals surface area contributed by atoms with Gasteiger partial charge in [-0.3, -0.25) is 0 Å². The third kappa shape index (κ3) is 4.29. The lowest BCUT2D eigenvalue weighted by atomic mass is 9.83. The third-order valence-electron chi connectivity index (χ3n) is 3.65. The Morgan fingerprint density at radius 3 is 2.67 bits per heavy atom. The highest BCUT2D eigenvalue weighted by Gasteiger charge is 2.31. The quantitative estimate of drug-likeness (QED) is 0.919. The number of halogens is 1. The Balaban J connectivity index is 2.13. The molecule has 0 fully saturated rings. The molecule has 114 valence electrons. The number of rotatable bonds is 5. The van der Waals surface area contributed by atoms with Crippen LogP contribution in [0.4, 0.5) is 0 Å². The Morgan fingerprint density at radius 2 is 2.10 bits per heavy atom. The molecule has 5 heteroatoms. The zero-order chi connectivity index (χ0) is 15.5. The first kappa shape index (κ1) is 16.0. The van der Waals surface area contributed by atoms with Crippen LogP contribution in [-0.4, -0.2) is 26.0 Å². The predicted molar refractivity (Wildman–Crippen MR) is 84.3 cm³/mol. The highest BCUT2D eigenvalue weighted by molar-refractivity contribution is 6.30. The van der Waals surface area contributed by atoms with E-state index in [0.29, 0.717) is 0 Å². The van der Waals surface area contributed by atoms with Gasteiger partial charge in [0.25, 0.3) is 0 Å². The molecule has 1 N–H and O–H groups in total. The van der Waals surface area contributed by atoms with Gasteiger partial charge in [0.2, 0.25) is 0 Å². The van der Waals surface area contributed by atoms with Gasteiger partial charge in [0, 0.05) is 5.02 Å². The van der Waals surface area contributed by atoms with Gasteiger partial charge < -0.3 is 5.11 Å². The van der Waals surface area contributed by atoms with E-state index in [1.165, 1.54) is 6.33 Å². The molecule has 2 aromatic rings. The molecule has 4 nitrogen and oxygen atoms in total. The Labute approximate surface area is 130 Å². The number of nitrogens with zero attached hydrogens (tertiary/aromatic N) is 3. The lowest BCUT2D eigenvalue weighted by Crippen LogP contribution is -2.36. The number of hydrogen-bond donors (Lipinski definition) is 1.